The Morgan fingerprint density at radius 1 is 0.278 bits per heavy atom. The quantitative estimate of drug-likeness (QED) is 0.217. The molecule has 0 heteroatoms. The number of hydrogen-bond donors (Lipinski definition) is 0. The van der Waals surface area contributed by atoms with E-state index in [1.54, 1.807) is 0 Å². The minimum absolute atomic E-state index is 1.19. The maximum absolute atomic E-state index is 2.18. The zero-order valence-corrected chi connectivity index (χ0v) is 20.3. The van der Waals surface area contributed by atoms with Crippen LogP contribution >= 0.6 is 0 Å². The molecule has 0 saturated carbocycles. The summed E-state index contributed by atoms with van der Waals surface area (Å²) in [6, 6.07) is 37.7. The third kappa shape index (κ3) is 7.68. The van der Waals surface area contributed by atoms with Crippen LogP contribution in [0.3, 0.4) is 0 Å². The molecule has 0 aliphatic rings. The number of hydrogen-bond acceptors (Lipinski definition) is 0. The molecule has 0 unspecified atom stereocenters. The number of rotatable bonds is 9. The van der Waals surface area contributed by atoms with Gasteiger partial charge in [-0.05, 0) is 33.4 Å². The van der Waals surface area contributed by atoms with Gasteiger partial charge in [0.1, 0.15) is 0 Å². The van der Waals surface area contributed by atoms with Crippen molar-refractivity contribution in [2.45, 2.75) is 0 Å². The Morgan fingerprint density at radius 2 is 0.611 bits per heavy atom. The average Bonchev–Trinajstić information content (AvgIpc) is 2.94. The maximum atomic E-state index is 2.18. The molecule has 0 aliphatic carbocycles. The van der Waals surface area contributed by atoms with Gasteiger partial charge in [-0.25, -0.2) is 0 Å². The van der Waals surface area contributed by atoms with E-state index in [1.807, 2.05) is 36.4 Å². The molecule has 36 heavy (non-hydrogen) atoms. The first kappa shape index (κ1) is 24.4. The maximum Gasteiger partial charge on any atom is -0.0105 e. The van der Waals surface area contributed by atoms with E-state index >= 15 is 0 Å². The largest absolute Gasteiger partial charge is 0.0622 e. The van der Waals surface area contributed by atoms with E-state index in [1.165, 1.54) is 33.4 Å². The van der Waals surface area contributed by atoms with Crippen molar-refractivity contribution in [2.75, 3.05) is 0 Å². The molecule has 0 N–H and O–H groups in total. The van der Waals surface area contributed by atoms with Crippen molar-refractivity contribution in [1.29, 1.82) is 0 Å². The van der Waals surface area contributed by atoms with Crippen LogP contribution in [-0.4, -0.2) is 0 Å². The molecule has 0 amide bonds. The van der Waals surface area contributed by atoms with E-state index in [0.717, 1.165) is 0 Å². The molecular formula is C36H30. The number of allylic oxidation sites excluding steroid dienone is 8. The van der Waals surface area contributed by atoms with Crippen LogP contribution in [0.1, 0.15) is 22.3 Å². The molecule has 174 valence electrons. The van der Waals surface area contributed by atoms with Gasteiger partial charge in [0.15, 0.2) is 0 Å². The highest BCUT2D eigenvalue weighted by Crippen LogP contribution is 2.29. The van der Waals surface area contributed by atoms with Crippen LogP contribution in [0.5, 0.6) is 0 Å². The molecule has 0 aliphatic heterocycles. The molecule has 0 spiro atoms. The fraction of sp³-hybridized carbons (Fsp3) is 0. The zero-order chi connectivity index (χ0) is 24.7. The minimum atomic E-state index is 1.19. The van der Waals surface area contributed by atoms with Gasteiger partial charge in [-0.1, -0.05) is 182 Å². The molecule has 0 nitrogen and oxygen atoms in total. The third-order valence-corrected chi connectivity index (χ3v) is 5.61. The monoisotopic (exact) mass is 462 g/mol. The van der Waals surface area contributed by atoms with Gasteiger partial charge in [-0.15, -0.1) is 0 Å². The highest BCUT2D eigenvalue weighted by Gasteiger charge is 2.05. The summed E-state index contributed by atoms with van der Waals surface area (Å²) < 4.78 is 0. The molecule has 0 heterocycles. The first-order valence-electron chi connectivity index (χ1n) is 12.2. The van der Waals surface area contributed by atoms with Crippen molar-refractivity contribution in [3.8, 4) is 11.1 Å². The van der Waals surface area contributed by atoms with E-state index < -0.39 is 0 Å². The Bertz CT molecular complexity index is 1280. The molecule has 0 saturated heterocycles. The highest BCUT2D eigenvalue weighted by molar-refractivity contribution is 5.82. The second-order valence-electron chi connectivity index (χ2n) is 8.20. The van der Waals surface area contributed by atoms with Crippen molar-refractivity contribution < 1.29 is 0 Å². The Morgan fingerprint density at radius 3 is 1.03 bits per heavy atom. The van der Waals surface area contributed by atoms with Gasteiger partial charge < -0.3 is 0 Å². The van der Waals surface area contributed by atoms with Gasteiger partial charge in [0.05, 0.1) is 0 Å². The first-order chi connectivity index (χ1) is 17.9. The second kappa shape index (κ2) is 13.9. The van der Waals surface area contributed by atoms with Gasteiger partial charge >= 0.3 is 0 Å². The molecule has 0 radical (unpaired) electrons. The lowest BCUT2D eigenvalue weighted by molar-refractivity contribution is 1.57. The highest BCUT2D eigenvalue weighted by atomic mass is 14.1. The summed E-state index contributed by atoms with van der Waals surface area (Å²) in [4.78, 5) is 0. The van der Waals surface area contributed by atoms with Crippen molar-refractivity contribution in [3.63, 3.8) is 0 Å². The Hall–Kier alpha value is -4.68. The topological polar surface area (TPSA) is 0 Å². The molecule has 0 aromatic heterocycles. The van der Waals surface area contributed by atoms with E-state index in [-0.39, 0.29) is 0 Å². The summed E-state index contributed by atoms with van der Waals surface area (Å²) in [5.41, 5.74) is 7.21. The van der Waals surface area contributed by atoms with E-state index in [0.29, 0.717) is 0 Å². The predicted octanol–water partition coefficient (Wildman–Crippen LogP) is 9.92. The van der Waals surface area contributed by atoms with Crippen LogP contribution in [0.15, 0.2) is 158 Å². The molecule has 4 aromatic rings. The van der Waals surface area contributed by atoms with Crippen LogP contribution < -0.4 is 0 Å². The molecule has 0 atom stereocenters. The lowest BCUT2D eigenvalue weighted by Crippen LogP contribution is -1.86. The minimum Gasteiger partial charge on any atom is -0.0622 e. The standard InChI is InChI=1S/C36H30/c1(7-19-31-21-9-5-10-22-31)3-13-25-33-27-15-17-29-35(33)36-30-18-16-28-34(36)26-14-4-2-8-20-32-23-11-6-12-24-32/h1-30H/b3-1+,4-2+,19-7+,20-8+,25-13+,26-14+. The molecule has 0 fully saturated rings. The van der Waals surface area contributed by atoms with Crippen LogP contribution in [0.25, 0.3) is 35.4 Å². The van der Waals surface area contributed by atoms with E-state index in [4.69, 9.17) is 0 Å². The van der Waals surface area contributed by atoms with Crippen molar-refractivity contribution in [2.24, 2.45) is 0 Å². The average molecular weight is 463 g/mol. The third-order valence-electron chi connectivity index (χ3n) is 5.61. The van der Waals surface area contributed by atoms with Crippen molar-refractivity contribution in [3.05, 3.63) is 180 Å². The van der Waals surface area contributed by atoms with Gasteiger partial charge in [-0.3, -0.25) is 0 Å². The van der Waals surface area contributed by atoms with Gasteiger partial charge in [-0.2, -0.15) is 0 Å². The van der Waals surface area contributed by atoms with Gasteiger partial charge in [0, 0.05) is 0 Å². The summed E-state index contributed by atoms with van der Waals surface area (Å²) in [5.74, 6) is 0. The Kier molecular flexibility index (Phi) is 9.43. The smallest absolute Gasteiger partial charge is 0.0105 e. The van der Waals surface area contributed by atoms with E-state index in [2.05, 4.69) is 146 Å². The van der Waals surface area contributed by atoms with Crippen LogP contribution in [0.4, 0.5) is 0 Å². The lowest BCUT2D eigenvalue weighted by Gasteiger charge is -2.09. The molecule has 4 aromatic carbocycles. The Labute approximate surface area is 215 Å². The summed E-state index contributed by atoms with van der Waals surface area (Å²) >= 11 is 0. The lowest BCUT2D eigenvalue weighted by atomic mass is 9.95. The summed E-state index contributed by atoms with van der Waals surface area (Å²) in [6.07, 6.45) is 25.1. The second-order valence-corrected chi connectivity index (χ2v) is 8.20. The van der Waals surface area contributed by atoms with Crippen LogP contribution in [0, 0.1) is 0 Å². The number of benzene rings is 4. The molecule has 0 bridgehead atoms. The fourth-order valence-electron chi connectivity index (χ4n) is 3.81. The Balaban J connectivity index is 1.45. The van der Waals surface area contributed by atoms with Crippen LogP contribution in [0.2, 0.25) is 0 Å². The van der Waals surface area contributed by atoms with Gasteiger partial charge in [0.25, 0.3) is 0 Å². The van der Waals surface area contributed by atoms with Crippen molar-refractivity contribution >= 4 is 24.3 Å². The summed E-state index contributed by atoms with van der Waals surface area (Å²) in [7, 11) is 0. The predicted molar refractivity (Wildman–Crippen MR) is 159 cm³/mol. The molecular weight excluding hydrogens is 432 g/mol. The van der Waals surface area contributed by atoms with Crippen molar-refractivity contribution in [1.82, 2.24) is 0 Å². The molecule has 4 rings (SSSR count). The fourth-order valence-corrected chi connectivity index (χ4v) is 3.81. The van der Waals surface area contributed by atoms with Gasteiger partial charge in [0.2, 0.25) is 0 Å². The van der Waals surface area contributed by atoms with Crippen LogP contribution in [-0.2, 0) is 0 Å². The van der Waals surface area contributed by atoms with E-state index in [9.17, 15) is 0 Å². The summed E-state index contributed by atoms with van der Waals surface area (Å²) in [5, 5.41) is 0. The first-order valence-corrected chi connectivity index (χ1v) is 12.2. The SMILES string of the molecule is C(=C\C=C\c1ccccc1-c1ccccc1/C=C/C=C/C=C/c1ccccc1)/C=C/c1ccccc1. The zero-order valence-electron chi connectivity index (χ0n) is 20.3. The summed E-state index contributed by atoms with van der Waals surface area (Å²) in [6.45, 7) is 0. The normalized spacial score (nSPS) is 12.3.